The van der Waals surface area contributed by atoms with Crippen LogP contribution in [0.25, 0.3) is 0 Å². The van der Waals surface area contributed by atoms with Gasteiger partial charge in [-0.3, -0.25) is 14.6 Å². The van der Waals surface area contributed by atoms with Crippen molar-refractivity contribution in [1.29, 1.82) is 0 Å². The number of carbonyl (C=O) groups excluding carboxylic acids is 2. The van der Waals surface area contributed by atoms with Gasteiger partial charge in [0.2, 0.25) is 0 Å². The SMILES string of the molecule is COCCOc1cccnc1C(C)CNC(=O)COC(=O)Cc1cc(Cl)nc(Cl)c1. The molecule has 0 fully saturated rings. The third-order valence-corrected chi connectivity index (χ3v) is 4.34. The number of esters is 1. The summed E-state index contributed by atoms with van der Waals surface area (Å²) in [5, 5.41) is 3.08. The van der Waals surface area contributed by atoms with Crippen LogP contribution < -0.4 is 10.1 Å². The van der Waals surface area contributed by atoms with E-state index < -0.39 is 18.5 Å². The molecule has 2 heterocycles. The van der Waals surface area contributed by atoms with Crippen molar-refractivity contribution < 1.29 is 23.8 Å². The summed E-state index contributed by atoms with van der Waals surface area (Å²) in [6, 6.07) is 6.61. The van der Waals surface area contributed by atoms with Crippen molar-refractivity contribution in [3.63, 3.8) is 0 Å². The minimum Gasteiger partial charge on any atom is -0.489 e. The van der Waals surface area contributed by atoms with Crippen molar-refractivity contribution in [2.75, 3.05) is 33.5 Å². The fourth-order valence-electron chi connectivity index (χ4n) is 2.52. The van der Waals surface area contributed by atoms with E-state index in [-0.39, 0.29) is 22.6 Å². The molecule has 0 bridgehead atoms. The number of hydrogen-bond donors (Lipinski definition) is 1. The van der Waals surface area contributed by atoms with Gasteiger partial charge in [-0.1, -0.05) is 30.1 Å². The zero-order valence-corrected chi connectivity index (χ0v) is 18.2. The summed E-state index contributed by atoms with van der Waals surface area (Å²) in [5.41, 5.74) is 1.27. The summed E-state index contributed by atoms with van der Waals surface area (Å²) in [6.07, 6.45) is 1.60. The van der Waals surface area contributed by atoms with Crippen LogP contribution in [-0.4, -0.2) is 55.3 Å². The lowest BCUT2D eigenvalue weighted by atomic mass is 10.1. The predicted molar refractivity (Wildman–Crippen MR) is 112 cm³/mol. The molecular formula is C20H23Cl2N3O5. The normalized spacial score (nSPS) is 11.6. The van der Waals surface area contributed by atoms with Crippen LogP contribution >= 0.6 is 23.2 Å². The molecule has 0 aliphatic rings. The molecule has 1 amide bonds. The Labute approximate surface area is 184 Å². The van der Waals surface area contributed by atoms with Gasteiger partial charge in [0.1, 0.15) is 22.7 Å². The number of rotatable bonds is 11. The molecule has 0 aliphatic carbocycles. The molecule has 1 N–H and O–H groups in total. The summed E-state index contributed by atoms with van der Waals surface area (Å²) < 4.78 is 15.6. The summed E-state index contributed by atoms with van der Waals surface area (Å²) in [7, 11) is 1.60. The number of nitrogens with one attached hydrogen (secondary N) is 1. The van der Waals surface area contributed by atoms with Crippen molar-refractivity contribution >= 4 is 35.1 Å². The molecule has 30 heavy (non-hydrogen) atoms. The van der Waals surface area contributed by atoms with Crippen molar-refractivity contribution in [3.8, 4) is 5.75 Å². The number of halogens is 2. The van der Waals surface area contributed by atoms with E-state index >= 15 is 0 Å². The van der Waals surface area contributed by atoms with Gasteiger partial charge < -0.3 is 19.5 Å². The van der Waals surface area contributed by atoms with Crippen LogP contribution in [0.3, 0.4) is 0 Å². The fraction of sp³-hybridized carbons (Fsp3) is 0.400. The third kappa shape index (κ3) is 8.14. The average Bonchev–Trinajstić information content (AvgIpc) is 2.70. The Hall–Kier alpha value is -2.42. The molecule has 2 rings (SSSR count). The Bertz CT molecular complexity index is 846. The number of nitrogens with zero attached hydrogens (tertiary/aromatic N) is 2. The average molecular weight is 456 g/mol. The number of ether oxygens (including phenoxy) is 3. The van der Waals surface area contributed by atoms with Gasteiger partial charge >= 0.3 is 5.97 Å². The van der Waals surface area contributed by atoms with E-state index in [9.17, 15) is 9.59 Å². The zero-order valence-electron chi connectivity index (χ0n) is 16.7. The fourth-order valence-corrected chi connectivity index (χ4v) is 3.03. The second-order valence-corrected chi connectivity index (χ2v) is 7.17. The van der Waals surface area contributed by atoms with E-state index in [4.69, 9.17) is 37.4 Å². The summed E-state index contributed by atoms with van der Waals surface area (Å²) in [4.78, 5) is 32.1. The number of hydrogen-bond acceptors (Lipinski definition) is 7. The first-order valence-corrected chi connectivity index (χ1v) is 9.95. The highest BCUT2D eigenvalue weighted by molar-refractivity contribution is 6.32. The molecule has 0 spiro atoms. The molecular weight excluding hydrogens is 433 g/mol. The maximum Gasteiger partial charge on any atom is 0.310 e. The Morgan fingerprint density at radius 3 is 2.63 bits per heavy atom. The molecule has 2 aromatic heterocycles. The standard InChI is InChI=1S/C20H23Cl2N3O5/c1-13(20-15(4-3-5-23-20)29-7-6-28-2)11-24-18(26)12-30-19(27)10-14-8-16(21)25-17(22)9-14/h3-5,8-9,13H,6-7,10-12H2,1-2H3,(H,24,26). The maximum absolute atomic E-state index is 12.0. The third-order valence-electron chi connectivity index (χ3n) is 3.95. The monoisotopic (exact) mass is 455 g/mol. The lowest BCUT2D eigenvalue weighted by molar-refractivity contribution is -0.147. The topological polar surface area (TPSA) is 99.6 Å². The molecule has 2 aromatic rings. The van der Waals surface area contributed by atoms with Gasteiger partial charge in [-0.25, -0.2) is 4.98 Å². The van der Waals surface area contributed by atoms with E-state index in [1.165, 1.54) is 12.1 Å². The van der Waals surface area contributed by atoms with Crippen molar-refractivity contribution in [1.82, 2.24) is 15.3 Å². The lowest BCUT2D eigenvalue weighted by Gasteiger charge is -2.16. The van der Waals surface area contributed by atoms with E-state index in [1.54, 1.807) is 19.4 Å². The van der Waals surface area contributed by atoms with Crippen molar-refractivity contribution in [3.05, 3.63) is 52.0 Å². The first kappa shape index (κ1) is 23.9. The second kappa shape index (κ2) is 12.3. The minimum absolute atomic E-state index is 0.0677. The second-order valence-electron chi connectivity index (χ2n) is 6.39. The largest absolute Gasteiger partial charge is 0.489 e. The lowest BCUT2D eigenvalue weighted by Crippen LogP contribution is -2.32. The number of amides is 1. The van der Waals surface area contributed by atoms with Gasteiger partial charge in [0.05, 0.1) is 18.7 Å². The van der Waals surface area contributed by atoms with E-state index in [0.29, 0.717) is 31.1 Å². The highest BCUT2D eigenvalue weighted by atomic mass is 35.5. The van der Waals surface area contributed by atoms with Crippen LogP contribution in [0.5, 0.6) is 5.75 Å². The van der Waals surface area contributed by atoms with Crippen LogP contribution in [0.15, 0.2) is 30.5 Å². The molecule has 0 saturated heterocycles. The van der Waals surface area contributed by atoms with Gasteiger partial charge in [-0.2, -0.15) is 0 Å². The van der Waals surface area contributed by atoms with Crippen LogP contribution in [0.1, 0.15) is 24.1 Å². The maximum atomic E-state index is 12.0. The molecule has 0 aliphatic heterocycles. The highest BCUT2D eigenvalue weighted by Gasteiger charge is 2.15. The van der Waals surface area contributed by atoms with Crippen LogP contribution in [-0.2, 0) is 25.5 Å². The van der Waals surface area contributed by atoms with E-state index in [2.05, 4.69) is 15.3 Å². The molecule has 0 saturated carbocycles. The van der Waals surface area contributed by atoms with Crippen LogP contribution in [0.4, 0.5) is 0 Å². The van der Waals surface area contributed by atoms with Crippen LogP contribution in [0.2, 0.25) is 10.3 Å². The van der Waals surface area contributed by atoms with E-state index in [0.717, 1.165) is 5.69 Å². The summed E-state index contributed by atoms with van der Waals surface area (Å²) >= 11 is 11.6. The van der Waals surface area contributed by atoms with Gasteiger partial charge in [0, 0.05) is 25.8 Å². The molecule has 1 unspecified atom stereocenters. The summed E-state index contributed by atoms with van der Waals surface area (Å²) in [6.45, 7) is 2.69. The Morgan fingerprint density at radius 2 is 1.93 bits per heavy atom. The van der Waals surface area contributed by atoms with Gasteiger partial charge in [0.15, 0.2) is 6.61 Å². The van der Waals surface area contributed by atoms with Crippen LogP contribution in [0, 0.1) is 0 Å². The number of pyridine rings is 2. The smallest absolute Gasteiger partial charge is 0.310 e. The summed E-state index contributed by atoms with van der Waals surface area (Å²) in [5.74, 6) is -0.462. The van der Waals surface area contributed by atoms with Crippen molar-refractivity contribution in [2.45, 2.75) is 19.3 Å². The molecule has 0 radical (unpaired) electrons. The Kier molecular flexibility index (Phi) is 9.79. The van der Waals surface area contributed by atoms with Gasteiger partial charge in [-0.05, 0) is 29.8 Å². The molecule has 10 heteroatoms. The van der Waals surface area contributed by atoms with Gasteiger partial charge in [-0.15, -0.1) is 0 Å². The Balaban J connectivity index is 1.78. The first-order valence-electron chi connectivity index (χ1n) is 9.20. The minimum atomic E-state index is -0.574. The molecule has 1 atom stereocenters. The number of carbonyl (C=O) groups is 2. The number of methoxy groups -OCH3 is 1. The molecule has 162 valence electrons. The highest BCUT2D eigenvalue weighted by Crippen LogP contribution is 2.23. The van der Waals surface area contributed by atoms with E-state index in [1.807, 2.05) is 13.0 Å². The molecule has 8 nitrogen and oxygen atoms in total. The van der Waals surface area contributed by atoms with Gasteiger partial charge in [0.25, 0.3) is 5.91 Å². The first-order chi connectivity index (χ1) is 14.4. The molecule has 0 aromatic carbocycles. The van der Waals surface area contributed by atoms with Crippen molar-refractivity contribution in [2.24, 2.45) is 0 Å². The number of aromatic nitrogens is 2. The predicted octanol–water partition coefficient (Wildman–Crippen LogP) is 2.81. The zero-order chi connectivity index (χ0) is 21.9. The Morgan fingerprint density at radius 1 is 1.20 bits per heavy atom. The quantitative estimate of drug-likeness (QED) is 0.315.